The van der Waals surface area contributed by atoms with Gasteiger partial charge in [0.25, 0.3) is 0 Å². The molecule has 0 spiro atoms. The average molecular weight is 459 g/mol. The molecule has 0 bridgehead atoms. The van der Waals surface area contributed by atoms with Gasteiger partial charge in [-0.05, 0) is 61.0 Å². The Morgan fingerprint density at radius 1 is 0.472 bits per heavy atom. The fourth-order valence-corrected chi connectivity index (χ4v) is 6.24. The monoisotopic (exact) mass is 458 g/mol. The lowest BCUT2D eigenvalue weighted by Crippen LogP contribution is -2.26. The van der Waals surface area contributed by atoms with E-state index >= 15 is 0 Å². The van der Waals surface area contributed by atoms with Gasteiger partial charge < -0.3 is 0 Å². The van der Waals surface area contributed by atoms with Crippen LogP contribution in [0.15, 0.2) is 146 Å². The van der Waals surface area contributed by atoms with Crippen molar-refractivity contribution < 1.29 is 0 Å². The van der Waals surface area contributed by atoms with E-state index in [0.717, 1.165) is 6.42 Å². The Bertz CT molecular complexity index is 1740. The third kappa shape index (κ3) is 3.08. The summed E-state index contributed by atoms with van der Waals surface area (Å²) in [5, 5.41) is 7.82. The molecule has 0 heteroatoms. The summed E-state index contributed by atoms with van der Waals surface area (Å²) in [6, 6.07) is 44.4. The van der Waals surface area contributed by atoms with E-state index in [2.05, 4.69) is 146 Å². The third-order valence-corrected chi connectivity index (χ3v) is 7.79. The van der Waals surface area contributed by atoms with E-state index in [1.54, 1.807) is 0 Å². The van der Waals surface area contributed by atoms with Crippen LogP contribution in [0.1, 0.15) is 17.5 Å². The zero-order valence-corrected chi connectivity index (χ0v) is 20.1. The standard InChI is InChI=1S/C36H26/c1-3-16-27(17-4-1)36(24-11-2-12-25-36)35-32-21-9-7-19-30(32)34(31-20-8-10-22-33(31)35)29-23-13-15-26-14-5-6-18-28(26)29/h1-24H,25H2. The molecule has 0 aliphatic heterocycles. The van der Waals surface area contributed by atoms with E-state index in [-0.39, 0.29) is 5.41 Å². The third-order valence-electron chi connectivity index (χ3n) is 7.79. The molecule has 0 saturated carbocycles. The highest BCUT2D eigenvalue weighted by Crippen LogP contribution is 2.49. The van der Waals surface area contributed by atoms with Gasteiger partial charge in [-0.25, -0.2) is 0 Å². The molecule has 6 aromatic carbocycles. The maximum absolute atomic E-state index is 2.41. The average Bonchev–Trinajstić information content (AvgIpc) is 2.96. The Hall–Kier alpha value is -4.42. The Balaban J connectivity index is 1.68. The fourth-order valence-electron chi connectivity index (χ4n) is 6.24. The summed E-state index contributed by atoms with van der Waals surface area (Å²) in [5.41, 5.74) is 5.11. The van der Waals surface area contributed by atoms with Crippen molar-refractivity contribution in [1.82, 2.24) is 0 Å². The van der Waals surface area contributed by atoms with E-state index in [1.807, 2.05) is 0 Å². The first kappa shape index (κ1) is 20.9. The van der Waals surface area contributed by atoms with E-state index in [0.29, 0.717) is 0 Å². The quantitative estimate of drug-likeness (QED) is 0.232. The van der Waals surface area contributed by atoms with Crippen molar-refractivity contribution in [2.45, 2.75) is 11.8 Å². The van der Waals surface area contributed by atoms with Crippen LogP contribution in [0, 0.1) is 0 Å². The lowest BCUT2D eigenvalue weighted by molar-refractivity contribution is 0.659. The maximum atomic E-state index is 2.41. The van der Waals surface area contributed by atoms with Crippen molar-refractivity contribution in [3.05, 3.63) is 157 Å². The van der Waals surface area contributed by atoms with Crippen molar-refractivity contribution in [1.29, 1.82) is 0 Å². The lowest BCUT2D eigenvalue weighted by atomic mass is 9.67. The van der Waals surface area contributed by atoms with Crippen molar-refractivity contribution >= 4 is 32.3 Å². The molecule has 0 nitrogen and oxygen atoms in total. The zero-order chi connectivity index (χ0) is 24.0. The van der Waals surface area contributed by atoms with Crippen LogP contribution in [0.25, 0.3) is 43.4 Å². The van der Waals surface area contributed by atoms with Gasteiger partial charge in [0, 0.05) is 5.41 Å². The molecule has 1 unspecified atom stereocenters. The van der Waals surface area contributed by atoms with Gasteiger partial charge in [0.1, 0.15) is 0 Å². The summed E-state index contributed by atoms with van der Waals surface area (Å²) in [6.07, 6.45) is 10.1. The van der Waals surface area contributed by atoms with Crippen LogP contribution >= 0.6 is 0 Å². The Kier molecular flexibility index (Phi) is 4.85. The number of rotatable bonds is 3. The van der Waals surface area contributed by atoms with Gasteiger partial charge in [0.2, 0.25) is 0 Å². The van der Waals surface area contributed by atoms with Crippen LogP contribution in [-0.2, 0) is 5.41 Å². The smallest absolute Gasteiger partial charge is 0.0431 e. The predicted molar refractivity (Wildman–Crippen MR) is 155 cm³/mol. The Morgan fingerprint density at radius 3 is 1.72 bits per heavy atom. The second kappa shape index (κ2) is 8.36. The van der Waals surface area contributed by atoms with E-state index in [4.69, 9.17) is 0 Å². The Labute approximate surface area is 211 Å². The van der Waals surface area contributed by atoms with Crippen molar-refractivity contribution in [2.24, 2.45) is 0 Å². The fraction of sp³-hybridized carbons (Fsp3) is 0.0556. The van der Waals surface area contributed by atoms with Crippen LogP contribution in [-0.4, -0.2) is 0 Å². The van der Waals surface area contributed by atoms with Crippen LogP contribution in [0.5, 0.6) is 0 Å². The number of hydrogen-bond donors (Lipinski definition) is 0. The summed E-state index contributed by atoms with van der Waals surface area (Å²) in [7, 11) is 0. The summed E-state index contributed by atoms with van der Waals surface area (Å²) in [4.78, 5) is 0. The highest BCUT2D eigenvalue weighted by atomic mass is 14.4. The number of hydrogen-bond acceptors (Lipinski definition) is 0. The summed E-state index contributed by atoms with van der Waals surface area (Å²) < 4.78 is 0. The highest BCUT2D eigenvalue weighted by molar-refractivity contribution is 6.19. The van der Waals surface area contributed by atoms with Crippen molar-refractivity contribution in [3.8, 4) is 11.1 Å². The first-order chi connectivity index (χ1) is 17.9. The Morgan fingerprint density at radius 2 is 1.06 bits per heavy atom. The molecule has 170 valence electrons. The molecule has 0 fully saturated rings. The summed E-state index contributed by atoms with van der Waals surface area (Å²) in [5.74, 6) is 0. The number of allylic oxidation sites excluding steroid dienone is 4. The SMILES string of the molecule is C1=CCC(c2ccccc2)(c2c3ccccc3c(-c3cccc4ccccc34)c3ccccc23)C=C1. The van der Waals surface area contributed by atoms with Gasteiger partial charge in [0.15, 0.2) is 0 Å². The van der Waals surface area contributed by atoms with Crippen LogP contribution < -0.4 is 0 Å². The molecular weight excluding hydrogens is 432 g/mol. The van der Waals surface area contributed by atoms with Gasteiger partial charge in [-0.2, -0.15) is 0 Å². The molecule has 1 atom stereocenters. The summed E-state index contributed by atoms with van der Waals surface area (Å²) in [6.45, 7) is 0. The summed E-state index contributed by atoms with van der Waals surface area (Å²) >= 11 is 0. The highest BCUT2D eigenvalue weighted by Gasteiger charge is 2.35. The minimum atomic E-state index is -0.230. The van der Waals surface area contributed by atoms with Gasteiger partial charge in [-0.3, -0.25) is 0 Å². The van der Waals surface area contributed by atoms with E-state index in [9.17, 15) is 0 Å². The molecular formula is C36H26. The van der Waals surface area contributed by atoms with Gasteiger partial charge in [0.05, 0.1) is 0 Å². The van der Waals surface area contributed by atoms with Crippen molar-refractivity contribution in [3.63, 3.8) is 0 Å². The maximum Gasteiger partial charge on any atom is 0.0431 e. The molecule has 7 rings (SSSR count). The molecule has 0 heterocycles. The number of fused-ring (bicyclic) bond motifs is 3. The molecule has 36 heavy (non-hydrogen) atoms. The molecule has 0 amide bonds. The minimum Gasteiger partial charge on any atom is -0.0830 e. The second-order valence-electron chi connectivity index (χ2n) is 9.70. The topological polar surface area (TPSA) is 0 Å². The molecule has 0 saturated heterocycles. The lowest BCUT2D eigenvalue weighted by Gasteiger charge is -2.35. The molecule has 0 radical (unpaired) electrons. The van der Waals surface area contributed by atoms with Gasteiger partial charge in [-0.1, -0.05) is 146 Å². The molecule has 1 aliphatic carbocycles. The van der Waals surface area contributed by atoms with Crippen LogP contribution in [0.3, 0.4) is 0 Å². The van der Waals surface area contributed by atoms with Crippen LogP contribution in [0.4, 0.5) is 0 Å². The first-order valence-corrected chi connectivity index (χ1v) is 12.7. The predicted octanol–water partition coefficient (Wildman–Crippen LogP) is 9.62. The normalized spacial score (nSPS) is 17.2. The van der Waals surface area contributed by atoms with Crippen molar-refractivity contribution in [2.75, 3.05) is 0 Å². The number of benzene rings is 6. The molecule has 0 aromatic heterocycles. The molecule has 1 aliphatic rings. The molecule has 0 N–H and O–H groups in total. The zero-order valence-electron chi connectivity index (χ0n) is 20.1. The van der Waals surface area contributed by atoms with Gasteiger partial charge >= 0.3 is 0 Å². The minimum absolute atomic E-state index is 0.230. The second-order valence-corrected chi connectivity index (χ2v) is 9.70. The van der Waals surface area contributed by atoms with E-state index in [1.165, 1.54) is 54.6 Å². The molecule has 6 aromatic rings. The van der Waals surface area contributed by atoms with E-state index < -0.39 is 0 Å². The first-order valence-electron chi connectivity index (χ1n) is 12.7. The van der Waals surface area contributed by atoms with Crippen LogP contribution in [0.2, 0.25) is 0 Å². The largest absolute Gasteiger partial charge is 0.0830 e. The van der Waals surface area contributed by atoms with Gasteiger partial charge in [-0.15, -0.1) is 0 Å².